The van der Waals surface area contributed by atoms with Gasteiger partial charge in [0.2, 0.25) is 0 Å². The smallest absolute Gasteiger partial charge is 0.137 e. The van der Waals surface area contributed by atoms with Crippen LogP contribution in [0, 0.1) is 5.92 Å². The van der Waals surface area contributed by atoms with Crippen LogP contribution in [0.25, 0.3) is 0 Å². The second-order valence-corrected chi connectivity index (χ2v) is 6.18. The highest BCUT2D eigenvalue weighted by Gasteiger charge is 2.39. The predicted octanol–water partition coefficient (Wildman–Crippen LogP) is 2.40. The minimum Gasteiger partial charge on any atom is -0.357 e. The van der Waals surface area contributed by atoms with Crippen molar-refractivity contribution in [2.75, 3.05) is 19.7 Å². The molecule has 19 heavy (non-hydrogen) atoms. The number of ether oxygens (including phenoxy) is 1. The van der Waals surface area contributed by atoms with Crippen LogP contribution in [0.4, 0.5) is 0 Å². The summed E-state index contributed by atoms with van der Waals surface area (Å²) in [6, 6.07) is 11.7. The number of nitrogens with zero attached hydrogens (tertiary/aromatic N) is 1. The van der Waals surface area contributed by atoms with Crippen molar-refractivity contribution < 1.29 is 4.74 Å². The lowest BCUT2D eigenvalue weighted by molar-refractivity contribution is 0.0162. The van der Waals surface area contributed by atoms with E-state index in [1.807, 2.05) is 0 Å². The lowest BCUT2D eigenvalue weighted by atomic mass is 9.99. The zero-order valence-electron chi connectivity index (χ0n) is 11.9. The molecule has 2 aliphatic rings. The van der Waals surface area contributed by atoms with Gasteiger partial charge in [-0.3, -0.25) is 4.90 Å². The summed E-state index contributed by atoms with van der Waals surface area (Å²) < 4.78 is 6.03. The fourth-order valence-electron chi connectivity index (χ4n) is 3.26. The van der Waals surface area contributed by atoms with Gasteiger partial charge in [0, 0.05) is 25.2 Å². The van der Waals surface area contributed by atoms with Gasteiger partial charge < -0.3 is 10.1 Å². The van der Waals surface area contributed by atoms with E-state index in [1.165, 1.54) is 12.0 Å². The van der Waals surface area contributed by atoms with Crippen molar-refractivity contribution in [1.82, 2.24) is 10.2 Å². The molecular weight excluding hydrogens is 236 g/mol. The number of nitrogens with one attached hydrogen (secondary N) is 1. The van der Waals surface area contributed by atoms with Crippen LogP contribution in [0.15, 0.2) is 30.3 Å². The van der Waals surface area contributed by atoms with Crippen molar-refractivity contribution in [3.8, 4) is 0 Å². The number of piperazine rings is 1. The predicted molar refractivity (Wildman–Crippen MR) is 76.9 cm³/mol. The van der Waals surface area contributed by atoms with Gasteiger partial charge in [0.1, 0.15) is 6.23 Å². The zero-order chi connectivity index (χ0) is 13.2. The number of rotatable bonds is 3. The molecule has 0 saturated carbocycles. The summed E-state index contributed by atoms with van der Waals surface area (Å²) in [4.78, 5) is 2.54. The molecule has 1 aromatic rings. The molecule has 1 aromatic carbocycles. The van der Waals surface area contributed by atoms with Gasteiger partial charge in [0.25, 0.3) is 0 Å². The third kappa shape index (κ3) is 2.83. The summed E-state index contributed by atoms with van der Waals surface area (Å²) in [5.74, 6) is 0.743. The first-order valence-corrected chi connectivity index (χ1v) is 7.39. The van der Waals surface area contributed by atoms with Gasteiger partial charge in [-0.15, -0.1) is 0 Å². The molecular formula is C16H24N2O. The molecule has 3 rings (SSSR count). The summed E-state index contributed by atoms with van der Waals surface area (Å²) in [6.45, 7) is 7.59. The van der Waals surface area contributed by atoms with Crippen molar-refractivity contribution in [2.24, 2.45) is 5.92 Å². The minimum absolute atomic E-state index is 0.156. The second kappa shape index (κ2) is 5.61. The van der Waals surface area contributed by atoms with Crippen molar-refractivity contribution in [2.45, 2.75) is 38.6 Å². The van der Waals surface area contributed by atoms with E-state index in [0.717, 1.165) is 25.6 Å². The van der Waals surface area contributed by atoms with Crippen molar-refractivity contribution in [1.29, 1.82) is 0 Å². The van der Waals surface area contributed by atoms with Crippen molar-refractivity contribution >= 4 is 0 Å². The number of hydrogen-bond donors (Lipinski definition) is 1. The van der Waals surface area contributed by atoms with E-state index in [1.54, 1.807) is 0 Å². The van der Waals surface area contributed by atoms with Crippen LogP contribution >= 0.6 is 0 Å². The maximum absolute atomic E-state index is 6.03. The average molecular weight is 260 g/mol. The van der Waals surface area contributed by atoms with Gasteiger partial charge in [-0.2, -0.15) is 0 Å². The highest BCUT2D eigenvalue weighted by Crippen LogP contribution is 2.32. The Kier molecular flexibility index (Phi) is 3.87. The maximum atomic E-state index is 6.03. The Balaban J connectivity index is 1.71. The summed E-state index contributed by atoms with van der Waals surface area (Å²) in [6.07, 6.45) is 1.40. The maximum Gasteiger partial charge on any atom is 0.137 e. The fourth-order valence-corrected chi connectivity index (χ4v) is 3.26. The van der Waals surface area contributed by atoms with Gasteiger partial charge in [0.05, 0.1) is 6.61 Å². The number of fused-ring (bicyclic) bond motifs is 1. The van der Waals surface area contributed by atoms with Gasteiger partial charge in [-0.1, -0.05) is 44.2 Å². The highest BCUT2D eigenvalue weighted by molar-refractivity contribution is 5.18. The summed E-state index contributed by atoms with van der Waals surface area (Å²) in [5.41, 5.74) is 1.29. The number of hydrogen-bond acceptors (Lipinski definition) is 3. The second-order valence-electron chi connectivity index (χ2n) is 6.18. The van der Waals surface area contributed by atoms with E-state index in [4.69, 9.17) is 4.74 Å². The van der Waals surface area contributed by atoms with Crippen LogP contribution in [-0.4, -0.2) is 36.7 Å². The topological polar surface area (TPSA) is 24.5 Å². The molecule has 0 spiro atoms. The van der Waals surface area contributed by atoms with Crippen LogP contribution < -0.4 is 5.32 Å². The van der Waals surface area contributed by atoms with Crippen LogP contribution in [0.2, 0.25) is 0 Å². The Morgan fingerprint density at radius 1 is 1.32 bits per heavy atom. The third-order valence-electron chi connectivity index (χ3n) is 4.13. The first-order chi connectivity index (χ1) is 9.24. The van der Waals surface area contributed by atoms with Crippen LogP contribution in [0.3, 0.4) is 0 Å². The molecule has 2 heterocycles. The first-order valence-electron chi connectivity index (χ1n) is 7.39. The normalized spacial score (nSPS) is 31.6. The van der Waals surface area contributed by atoms with Crippen LogP contribution in [0.1, 0.15) is 32.1 Å². The van der Waals surface area contributed by atoms with Gasteiger partial charge in [-0.25, -0.2) is 0 Å². The SMILES string of the molecule is CC(C)C[C@H]1CN2[C@H](CN1)CO[C@H]2c1ccccc1. The van der Waals surface area contributed by atoms with E-state index in [9.17, 15) is 0 Å². The fraction of sp³-hybridized carbons (Fsp3) is 0.625. The monoisotopic (exact) mass is 260 g/mol. The van der Waals surface area contributed by atoms with Crippen LogP contribution in [0.5, 0.6) is 0 Å². The molecule has 0 unspecified atom stereocenters. The van der Waals surface area contributed by atoms with E-state index in [0.29, 0.717) is 12.1 Å². The van der Waals surface area contributed by atoms with Crippen molar-refractivity contribution in [3.05, 3.63) is 35.9 Å². The third-order valence-corrected chi connectivity index (χ3v) is 4.13. The molecule has 3 nitrogen and oxygen atoms in total. The zero-order valence-corrected chi connectivity index (χ0v) is 11.9. The first kappa shape index (κ1) is 13.1. The average Bonchev–Trinajstić information content (AvgIpc) is 2.82. The Morgan fingerprint density at radius 2 is 2.11 bits per heavy atom. The molecule has 104 valence electrons. The van der Waals surface area contributed by atoms with E-state index >= 15 is 0 Å². The molecule has 1 N–H and O–H groups in total. The van der Waals surface area contributed by atoms with E-state index in [2.05, 4.69) is 54.4 Å². The molecule has 3 atom stereocenters. The Morgan fingerprint density at radius 3 is 2.84 bits per heavy atom. The quantitative estimate of drug-likeness (QED) is 0.903. The Hall–Kier alpha value is -0.900. The van der Waals surface area contributed by atoms with E-state index in [-0.39, 0.29) is 6.23 Å². The summed E-state index contributed by atoms with van der Waals surface area (Å²) >= 11 is 0. The molecule has 0 aromatic heterocycles. The molecule has 0 radical (unpaired) electrons. The lowest BCUT2D eigenvalue weighted by Crippen LogP contribution is -2.55. The summed E-state index contributed by atoms with van der Waals surface area (Å²) in [7, 11) is 0. The van der Waals surface area contributed by atoms with Gasteiger partial charge in [0.15, 0.2) is 0 Å². The molecule has 2 fully saturated rings. The van der Waals surface area contributed by atoms with Gasteiger partial charge >= 0.3 is 0 Å². The standard InChI is InChI=1S/C16H24N2O/c1-12(2)8-14-10-18-15(9-17-14)11-19-16(18)13-6-4-3-5-7-13/h3-7,12,14-17H,8-11H2,1-2H3/t14-,15+,16-/m0/s1. The largest absolute Gasteiger partial charge is 0.357 e. The molecule has 0 bridgehead atoms. The highest BCUT2D eigenvalue weighted by atomic mass is 16.5. The molecule has 0 amide bonds. The molecule has 0 aliphatic carbocycles. The molecule has 2 saturated heterocycles. The lowest BCUT2D eigenvalue weighted by Gasteiger charge is -2.38. The molecule has 2 aliphatic heterocycles. The number of benzene rings is 1. The Bertz CT molecular complexity index is 406. The minimum atomic E-state index is 0.156. The Labute approximate surface area is 115 Å². The molecule has 3 heteroatoms. The van der Waals surface area contributed by atoms with Crippen molar-refractivity contribution in [3.63, 3.8) is 0 Å². The summed E-state index contributed by atoms with van der Waals surface area (Å²) in [5, 5.41) is 3.67. The van der Waals surface area contributed by atoms with Gasteiger partial charge in [-0.05, 0) is 17.9 Å². The van der Waals surface area contributed by atoms with E-state index < -0.39 is 0 Å². The van der Waals surface area contributed by atoms with Crippen LogP contribution in [-0.2, 0) is 4.74 Å².